The maximum absolute atomic E-state index is 11.8. The van der Waals surface area contributed by atoms with Crippen molar-refractivity contribution in [3.05, 3.63) is 46.1 Å². The van der Waals surface area contributed by atoms with Crippen LogP contribution in [0.4, 0.5) is 0 Å². The van der Waals surface area contributed by atoms with Gasteiger partial charge in [-0.1, -0.05) is 29.8 Å². The largest absolute Gasteiger partial charge is 0.466 e. The first kappa shape index (κ1) is 14.7. The lowest BCUT2D eigenvalue weighted by molar-refractivity contribution is -0.136. The standard InChI is InChI=1S/C16H16BrNO2/c1-10(2)14(16(19)20-3)7-11-6-12-8-13(17)4-5-15(12)18-9-11/h4-10H,1-3H3/b14-7+. The lowest BCUT2D eigenvalue weighted by Gasteiger charge is -2.09. The lowest BCUT2D eigenvalue weighted by Crippen LogP contribution is -2.09. The fourth-order valence-electron chi connectivity index (χ4n) is 1.96. The summed E-state index contributed by atoms with van der Waals surface area (Å²) in [7, 11) is 1.40. The highest BCUT2D eigenvalue weighted by atomic mass is 79.9. The Balaban J connectivity index is 2.48. The summed E-state index contributed by atoms with van der Waals surface area (Å²) in [4.78, 5) is 16.2. The van der Waals surface area contributed by atoms with Gasteiger partial charge in [-0.3, -0.25) is 4.98 Å². The maximum Gasteiger partial charge on any atom is 0.334 e. The molecular formula is C16H16BrNO2. The van der Waals surface area contributed by atoms with Crippen LogP contribution >= 0.6 is 15.9 Å². The Morgan fingerprint density at radius 2 is 2.10 bits per heavy atom. The molecule has 20 heavy (non-hydrogen) atoms. The van der Waals surface area contributed by atoms with Crippen molar-refractivity contribution >= 4 is 38.9 Å². The molecule has 0 atom stereocenters. The average Bonchev–Trinajstić information content (AvgIpc) is 2.43. The summed E-state index contributed by atoms with van der Waals surface area (Å²) in [5.41, 5.74) is 2.46. The molecule has 0 fully saturated rings. The van der Waals surface area contributed by atoms with Crippen molar-refractivity contribution in [2.24, 2.45) is 5.92 Å². The molecule has 0 spiro atoms. The Labute approximate surface area is 126 Å². The van der Waals surface area contributed by atoms with Crippen LogP contribution < -0.4 is 0 Å². The van der Waals surface area contributed by atoms with Gasteiger partial charge in [0, 0.05) is 21.6 Å². The van der Waals surface area contributed by atoms with Gasteiger partial charge in [0.2, 0.25) is 0 Å². The van der Waals surface area contributed by atoms with Gasteiger partial charge in [0.05, 0.1) is 12.6 Å². The molecule has 2 rings (SSSR count). The number of carbonyl (C=O) groups excluding carboxylic acids is 1. The van der Waals surface area contributed by atoms with Gasteiger partial charge in [-0.05, 0) is 41.8 Å². The van der Waals surface area contributed by atoms with Crippen LogP contribution in [0.1, 0.15) is 19.4 Å². The molecule has 0 aliphatic rings. The van der Waals surface area contributed by atoms with Crippen LogP contribution in [0.5, 0.6) is 0 Å². The van der Waals surface area contributed by atoms with Crippen molar-refractivity contribution in [1.82, 2.24) is 4.98 Å². The van der Waals surface area contributed by atoms with Gasteiger partial charge in [-0.2, -0.15) is 0 Å². The van der Waals surface area contributed by atoms with Crippen LogP contribution in [0, 0.1) is 5.92 Å². The zero-order valence-corrected chi connectivity index (χ0v) is 13.3. The van der Waals surface area contributed by atoms with Crippen molar-refractivity contribution in [3.8, 4) is 0 Å². The predicted octanol–water partition coefficient (Wildman–Crippen LogP) is 4.21. The van der Waals surface area contributed by atoms with Gasteiger partial charge in [0.15, 0.2) is 0 Å². The molecule has 0 saturated heterocycles. The molecular weight excluding hydrogens is 318 g/mol. The quantitative estimate of drug-likeness (QED) is 0.623. The van der Waals surface area contributed by atoms with E-state index in [-0.39, 0.29) is 11.9 Å². The van der Waals surface area contributed by atoms with Crippen LogP contribution in [0.2, 0.25) is 0 Å². The third-order valence-electron chi connectivity index (χ3n) is 3.03. The maximum atomic E-state index is 11.8. The Bertz CT molecular complexity index is 677. The van der Waals surface area contributed by atoms with Crippen LogP contribution in [0.3, 0.4) is 0 Å². The number of methoxy groups -OCH3 is 1. The van der Waals surface area contributed by atoms with Gasteiger partial charge in [0.25, 0.3) is 0 Å². The molecule has 1 aromatic heterocycles. The summed E-state index contributed by atoms with van der Waals surface area (Å²) in [6.45, 7) is 3.93. The number of halogens is 1. The number of rotatable bonds is 3. The summed E-state index contributed by atoms with van der Waals surface area (Å²) in [5.74, 6) is -0.199. The lowest BCUT2D eigenvalue weighted by atomic mass is 10.0. The highest BCUT2D eigenvalue weighted by Crippen LogP contribution is 2.21. The van der Waals surface area contributed by atoms with E-state index >= 15 is 0 Å². The molecule has 1 heterocycles. The van der Waals surface area contributed by atoms with Gasteiger partial charge in [-0.25, -0.2) is 4.79 Å². The number of pyridine rings is 1. The first-order valence-corrected chi connectivity index (χ1v) is 7.16. The van der Waals surface area contributed by atoms with Crippen molar-refractivity contribution in [2.75, 3.05) is 7.11 Å². The van der Waals surface area contributed by atoms with Crippen LogP contribution in [-0.2, 0) is 9.53 Å². The second-order valence-corrected chi connectivity index (χ2v) is 5.77. The molecule has 0 aliphatic heterocycles. The van der Waals surface area contributed by atoms with E-state index in [0.717, 1.165) is 20.9 Å². The van der Waals surface area contributed by atoms with Crippen LogP contribution in [-0.4, -0.2) is 18.1 Å². The summed E-state index contributed by atoms with van der Waals surface area (Å²) in [5, 5.41) is 1.03. The molecule has 0 aliphatic carbocycles. The van der Waals surface area contributed by atoms with Crippen molar-refractivity contribution in [2.45, 2.75) is 13.8 Å². The first-order valence-electron chi connectivity index (χ1n) is 6.36. The monoisotopic (exact) mass is 333 g/mol. The van der Waals surface area contributed by atoms with E-state index in [1.54, 1.807) is 6.20 Å². The molecule has 0 bridgehead atoms. The molecule has 4 heteroatoms. The molecule has 0 N–H and O–H groups in total. The number of nitrogens with zero attached hydrogens (tertiary/aromatic N) is 1. The van der Waals surface area contributed by atoms with E-state index in [1.807, 2.05) is 44.2 Å². The van der Waals surface area contributed by atoms with Gasteiger partial charge < -0.3 is 4.74 Å². The summed E-state index contributed by atoms with van der Waals surface area (Å²) < 4.78 is 5.82. The average molecular weight is 334 g/mol. The molecule has 104 valence electrons. The second-order valence-electron chi connectivity index (χ2n) is 4.85. The molecule has 0 amide bonds. The molecule has 1 aromatic carbocycles. The summed E-state index contributed by atoms with van der Waals surface area (Å²) >= 11 is 3.45. The van der Waals surface area contributed by atoms with E-state index in [4.69, 9.17) is 4.74 Å². The molecule has 0 unspecified atom stereocenters. The number of hydrogen-bond acceptors (Lipinski definition) is 3. The van der Waals surface area contributed by atoms with E-state index in [0.29, 0.717) is 5.57 Å². The normalized spacial score (nSPS) is 11.9. The minimum atomic E-state index is -0.297. The number of hydrogen-bond donors (Lipinski definition) is 0. The van der Waals surface area contributed by atoms with Crippen LogP contribution in [0.25, 0.3) is 17.0 Å². The number of carbonyl (C=O) groups is 1. The SMILES string of the molecule is COC(=O)/C(=C/c1cnc2ccc(Br)cc2c1)C(C)C. The molecule has 3 nitrogen and oxygen atoms in total. The van der Waals surface area contributed by atoms with Crippen molar-refractivity contribution in [1.29, 1.82) is 0 Å². The van der Waals surface area contributed by atoms with Crippen molar-refractivity contribution < 1.29 is 9.53 Å². The number of esters is 1. The van der Waals surface area contributed by atoms with E-state index < -0.39 is 0 Å². The topological polar surface area (TPSA) is 39.2 Å². The Hall–Kier alpha value is -1.68. The number of ether oxygens (including phenoxy) is 1. The molecule has 0 radical (unpaired) electrons. The fourth-order valence-corrected chi connectivity index (χ4v) is 2.34. The zero-order valence-electron chi connectivity index (χ0n) is 11.7. The molecule has 2 aromatic rings. The number of fused-ring (bicyclic) bond motifs is 1. The van der Waals surface area contributed by atoms with Gasteiger partial charge in [0.1, 0.15) is 0 Å². The zero-order chi connectivity index (χ0) is 14.7. The highest BCUT2D eigenvalue weighted by molar-refractivity contribution is 9.10. The summed E-state index contributed by atoms with van der Waals surface area (Å²) in [6, 6.07) is 7.93. The predicted molar refractivity (Wildman–Crippen MR) is 84.3 cm³/mol. The minimum absolute atomic E-state index is 0.0978. The second kappa shape index (κ2) is 6.18. The Morgan fingerprint density at radius 3 is 2.75 bits per heavy atom. The minimum Gasteiger partial charge on any atom is -0.466 e. The number of benzene rings is 1. The first-order chi connectivity index (χ1) is 9.51. The van der Waals surface area contributed by atoms with E-state index in [9.17, 15) is 4.79 Å². The van der Waals surface area contributed by atoms with Crippen LogP contribution in [0.15, 0.2) is 40.5 Å². The smallest absolute Gasteiger partial charge is 0.334 e. The third-order valence-corrected chi connectivity index (χ3v) is 3.52. The van der Waals surface area contributed by atoms with Crippen molar-refractivity contribution in [3.63, 3.8) is 0 Å². The van der Waals surface area contributed by atoms with Gasteiger partial charge >= 0.3 is 5.97 Å². The highest BCUT2D eigenvalue weighted by Gasteiger charge is 2.13. The van der Waals surface area contributed by atoms with Gasteiger partial charge in [-0.15, -0.1) is 0 Å². The fraction of sp³-hybridized carbons (Fsp3) is 0.250. The number of aromatic nitrogens is 1. The summed E-state index contributed by atoms with van der Waals surface area (Å²) in [6.07, 6.45) is 3.60. The van der Waals surface area contributed by atoms with E-state index in [1.165, 1.54) is 7.11 Å². The third kappa shape index (κ3) is 3.25. The molecule has 0 saturated carbocycles. The Morgan fingerprint density at radius 1 is 1.35 bits per heavy atom. The Kier molecular flexibility index (Phi) is 4.55. The van der Waals surface area contributed by atoms with E-state index in [2.05, 4.69) is 20.9 Å².